The molecule has 0 saturated heterocycles. The summed E-state index contributed by atoms with van der Waals surface area (Å²) in [7, 11) is 0. The summed E-state index contributed by atoms with van der Waals surface area (Å²) in [6.45, 7) is 0. The Balaban J connectivity index is 2.25. The first-order valence-electron chi connectivity index (χ1n) is 6.14. The van der Waals surface area contributed by atoms with Gasteiger partial charge in [-0.25, -0.2) is 4.79 Å². The Morgan fingerprint density at radius 3 is 2.70 bits per heavy atom. The number of rotatable bonds is 2. The summed E-state index contributed by atoms with van der Waals surface area (Å²) in [6, 6.07) is 14.3. The van der Waals surface area contributed by atoms with Crippen molar-refractivity contribution in [3.63, 3.8) is 0 Å². The minimum absolute atomic E-state index is 0.253. The van der Waals surface area contributed by atoms with Gasteiger partial charge in [-0.05, 0) is 29.8 Å². The minimum Gasteiger partial charge on any atom is -0.478 e. The van der Waals surface area contributed by atoms with Crippen LogP contribution in [-0.4, -0.2) is 16.1 Å². The predicted molar refractivity (Wildman–Crippen MR) is 78.6 cm³/mol. The van der Waals surface area contributed by atoms with E-state index in [0.29, 0.717) is 11.3 Å². The maximum atomic E-state index is 11.3. The summed E-state index contributed by atoms with van der Waals surface area (Å²) >= 11 is 0. The molecule has 1 aromatic heterocycles. The van der Waals surface area contributed by atoms with Crippen LogP contribution in [0.15, 0.2) is 54.7 Å². The van der Waals surface area contributed by atoms with Crippen molar-refractivity contribution in [3.8, 4) is 11.1 Å². The average molecular weight is 264 g/mol. The molecule has 0 unspecified atom stereocenters. The molecule has 0 radical (unpaired) electrons. The zero-order chi connectivity index (χ0) is 14.1. The van der Waals surface area contributed by atoms with E-state index in [1.165, 1.54) is 0 Å². The van der Waals surface area contributed by atoms with Crippen LogP contribution >= 0.6 is 0 Å². The second-order valence-electron chi connectivity index (χ2n) is 4.49. The van der Waals surface area contributed by atoms with Crippen LogP contribution in [0.4, 0.5) is 5.69 Å². The standard InChI is InChI=1S/C16H12N2O2/c17-14-6-3-7-15-13(14)8-10(9-18-15)11-4-1-2-5-12(11)16(19)20/h1-9H,17H2,(H,19,20). The number of pyridine rings is 1. The molecule has 0 spiro atoms. The van der Waals surface area contributed by atoms with Gasteiger partial charge in [0.05, 0.1) is 11.1 Å². The van der Waals surface area contributed by atoms with Crippen LogP contribution < -0.4 is 5.73 Å². The SMILES string of the molecule is Nc1cccc2ncc(-c3ccccc3C(=O)O)cc12. The third kappa shape index (κ3) is 1.97. The molecule has 4 heteroatoms. The van der Waals surface area contributed by atoms with E-state index in [1.54, 1.807) is 36.5 Å². The number of carboxylic acid groups (broad SMARTS) is 1. The van der Waals surface area contributed by atoms with Gasteiger partial charge in [0.15, 0.2) is 0 Å². The van der Waals surface area contributed by atoms with Crippen molar-refractivity contribution in [3.05, 3.63) is 60.3 Å². The molecule has 0 saturated carbocycles. The molecule has 0 aliphatic heterocycles. The minimum atomic E-state index is -0.957. The van der Waals surface area contributed by atoms with Gasteiger partial charge in [0.2, 0.25) is 0 Å². The lowest BCUT2D eigenvalue weighted by atomic mass is 9.99. The third-order valence-corrected chi connectivity index (χ3v) is 3.23. The highest BCUT2D eigenvalue weighted by molar-refractivity contribution is 5.98. The fourth-order valence-electron chi connectivity index (χ4n) is 2.24. The van der Waals surface area contributed by atoms with Gasteiger partial charge < -0.3 is 10.8 Å². The Labute approximate surface area is 115 Å². The highest BCUT2D eigenvalue weighted by Gasteiger charge is 2.11. The van der Waals surface area contributed by atoms with Crippen molar-refractivity contribution >= 4 is 22.6 Å². The van der Waals surface area contributed by atoms with E-state index in [1.807, 2.05) is 18.2 Å². The summed E-state index contributed by atoms with van der Waals surface area (Å²) in [5, 5.41) is 10.1. The molecule has 0 aliphatic rings. The largest absolute Gasteiger partial charge is 0.478 e. The summed E-state index contributed by atoms with van der Waals surface area (Å²) < 4.78 is 0. The smallest absolute Gasteiger partial charge is 0.336 e. The van der Waals surface area contributed by atoms with Gasteiger partial charge in [-0.3, -0.25) is 4.98 Å². The number of aromatic carboxylic acids is 1. The van der Waals surface area contributed by atoms with Crippen LogP contribution in [0.25, 0.3) is 22.0 Å². The molecule has 98 valence electrons. The van der Waals surface area contributed by atoms with Gasteiger partial charge >= 0.3 is 5.97 Å². The molecule has 0 fully saturated rings. The molecule has 0 amide bonds. The summed E-state index contributed by atoms with van der Waals surface area (Å²) in [5.41, 5.74) is 9.00. The first-order chi connectivity index (χ1) is 9.66. The van der Waals surface area contributed by atoms with Crippen molar-refractivity contribution < 1.29 is 9.90 Å². The summed E-state index contributed by atoms with van der Waals surface area (Å²) in [5.74, 6) is -0.957. The van der Waals surface area contributed by atoms with E-state index in [0.717, 1.165) is 16.5 Å². The Morgan fingerprint density at radius 1 is 1.10 bits per heavy atom. The first kappa shape index (κ1) is 12.2. The van der Waals surface area contributed by atoms with E-state index in [9.17, 15) is 9.90 Å². The Bertz CT molecular complexity index is 812. The van der Waals surface area contributed by atoms with Crippen molar-refractivity contribution in [1.82, 2.24) is 4.98 Å². The maximum absolute atomic E-state index is 11.3. The lowest BCUT2D eigenvalue weighted by molar-refractivity contribution is 0.0697. The van der Waals surface area contributed by atoms with Crippen LogP contribution in [0, 0.1) is 0 Å². The number of anilines is 1. The monoisotopic (exact) mass is 264 g/mol. The van der Waals surface area contributed by atoms with E-state index in [2.05, 4.69) is 4.98 Å². The zero-order valence-corrected chi connectivity index (χ0v) is 10.6. The second-order valence-corrected chi connectivity index (χ2v) is 4.49. The molecular weight excluding hydrogens is 252 g/mol. The number of aromatic nitrogens is 1. The van der Waals surface area contributed by atoms with E-state index in [4.69, 9.17) is 5.73 Å². The Kier molecular flexibility index (Phi) is 2.84. The van der Waals surface area contributed by atoms with Crippen LogP contribution in [0.3, 0.4) is 0 Å². The highest BCUT2D eigenvalue weighted by Crippen LogP contribution is 2.28. The topological polar surface area (TPSA) is 76.2 Å². The predicted octanol–water partition coefficient (Wildman–Crippen LogP) is 3.18. The molecule has 3 N–H and O–H groups in total. The summed E-state index contributed by atoms with van der Waals surface area (Å²) in [6.07, 6.45) is 1.67. The van der Waals surface area contributed by atoms with Crippen molar-refractivity contribution in [1.29, 1.82) is 0 Å². The second kappa shape index (κ2) is 4.66. The normalized spacial score (nSPS) is 10.6. The average Bonchev–Trinajstić information content (AvgIpc) is 2.47. The summed E-state index contributed by atoms with van der Waals surface area (Å²) in [4.78, 5) is 15.6. The lowest BCUT2D eigenvalue weighted by Gasteiger charge is -2.08. The highest BCUT2D eigenvalue weighted by atomic mass is 16.4. The number of fused-ring (bicyclic) bond motifs is 1. The van der Waals surface area contributed by atoms with Gasteiger partial charge in [-0.15, -0.1) is 0 Å². The number of hydrogen-bond acceptors (Lipinski definition) is 3. The molecular formula is C16H12N2O2. The molecule has 0 bridgehead atoms. The van der Waals surface area contributed by atoms with Crippen LogP contribution in [0.2, 0.25) is 0 Å². The molecule has 0 atom stereocenters. The van der Waals surface area contributed by atoms with Crippen molar-refractivity contribution in [2.45, 2.75) is 0 Å². The molecule has 2 aromatic carbocycles. The Hall–Kier alpha value is -2.88. The molecule has 3 rings (SSSR count). The van der Waals surface area contributed by atoms with Gasteiger partial charge in [0.1, 0.15) is 0 Å². The molecule has 0 aliphatic carbocycles. The zero-order valence-electron chi connectivity index (χ0n) is 10.6. The number of nitrogens with two attached hydrogens (primary N) is 1. The fraction of sp³-hybridized carbons (Fsp3) is 0. The third-order valence-electron chi connectivity index (χ3n) is 3.23. The van der Waals surface area contributed by atoms with Crippen molar-refractivity contribution in [2.75, 3.05) is 5.73 Å². The maximum Gasteiger partial charge on any atom is 0.336 e. The number of carboxylic acids is 1. The Morgan fingerprint density at radius 2 is 1.90 bits per heavy atom. The fourth-order valence-corrected chi connectivity index (χ4v) is 2.24. The van der Waals surface area contributed by atoms with Crippen LogP contribution in [-0.2, 0) is 0 Å². The van der Waals surface area contributed by atoms with E-state index in [-0.39, 0.29) is 5.56 Å². The number of nitrogen functional groups attached to an aromatic ring is 1. The van der Waals surface area contributed by atoms with E-state index < -0.39 is 5.97 Å². The number of benzene rings is 2. The number of hydrogen-bond donors (Lipinski definition) is 2. The molecule has 1 heterocycles. The van der Waals surface area contributed by atoms with Crippen molar-refractivity contribution in [2.24, 2.45) is 0 Å². The first-order valence-corrected chi connectivity index (χ1v) is 6.14. The van der Waals surface area contributed by atoms with Gasteiger partial charge in [-0.1, -0.05) is 24.3 Å². The number of nitrogens with zero attached hydrogens (tertiary/aromatic N) is 1. The van der Waals surface area contributed by atoms with Gasteiger partial charge in [0, 0.05) is 22.8 Å². The van der Waals surface area contributed by atoms with Crippen LogP contribution in [0.1, 0.15) is 10.4 Å². The molecule has 3 aromatic rings. The molecule has 20 heavy (non-hydrogen) atoms. The van der Waals surface area contributed by atoms with Gasteiger partial charge in [-0.2, -0.15) is 0 Å². The lowest BCUT2D eigenvalue weighted by Crippen LogP contribution is -1.99. The van der Waals surface area contributed by atoms with Gasteiger partial charge in [0.25, 0.3) is 0 Å². The van der Waals surface area contributed by atoms with Crippen LogP contribution in [0.5, 0.6) is 0 Å². The quantitative estimate of drug-likeness (QED) is 0.697. The number of carbonyl (C=O) groups is 1. The molecule has 4 nitrogen and oxygen atoms in total. The van der Waals surface area contributed by atoms with E-state index >= 15 is 0 Å².